The molecule has 0 radical (unpaired) electrons. The summed E-state index contributed by atoms with van der Waals surface area (Å²) in [4.78, 5) is 13.4. The summed E-state index contributed by atoms with van der Waals surface area (Å²) in [5.41, 5.74) is 0.848. The van der Waals surface area contributed by atoms with Crippen LogP contribution in [0, 0.1) is 5.41 Å². The van der Waals surface area contributed by atoms with Crippen molar-refractivity contribution in [3.8, 4) is 0 Å². The number of hydrogen-bond acceptors (Lipinski definition) is 3. The Balaban J connectivity index is 1.95. The molecule has 0 aliphatic carbocycles. The average molecular weight is 381 g/mol. The summed E-state index contributed by atoms with van der Waals surface area (Å²) in [7, 11) is 0. The highest BCUT2D eigenvalue weighted by molar-refractivity contribution is 9.10. The van der Waals surface area contributed by atoms with Gasteiger partial charge in [-0.2, -0.15) is 0 Å². The Labute approximate surface area is 144 Å². The van der Waals surface area contributed by atoms with Crippen LogP contribution in [0.2, 0.25) is 0 Å². The van der Waals surface area contributed by atoms with Crippen LogP contribution in [0.25, 0.3) is 0 Å². The fraction of sp³-hybridized carbons (Fsp3) is 0.353. The molecular formula is C17H21BrN2OS. The van der Waals surface area contributed by atoms with Crippen LogP contribution in [-0.2, 0) is 4.79 Å². The second kappa shape index (κ2) is 7.40. The molecule has 0 fully saturated rings. The van der Waals surface area contributed by atoms with E-state index in [1.807, 2.05) is 30.3 Å². The van der Waals surface area contributed by atoms with E-state index in [0.717, 1.165) is 10.2 Å². The maximum Gasteiger partial charge on any atom is 0.238 e. The highest BCUT2D eigenvalue weighted by Gasteiger charge is 2.27. The molecule has 1 aromatic heterocycles. The van der Waals surface area contributed by atoms with E-state index < -0.39 is 0 Å². The van der Waals surface area contributed by atoms with Gasteiger partial charge >= 0.3 is 0 Å². The standard InChI is InChI=1S/C17H21BrN2OS/c1-17(2,3)16(14-5-4-10-22-14)19-11-15(21)20-13-8-6-12(18)7-9-13/h4-10,16,19H,11H2,1-3H3,(H,20,21). The van der Waals surface area contributed by atoms with Gasteiger partial charge in [0.1, 0.15) is 0 Å². The first-order valence-electron chi connectivity index (χ1n) is 7.18. The smallest absolute Gasteiger partial charge is 0.238 e. The minimum absolute atomic E-state index is 0.0341. The highest BCUT2D eigenvalue weighted by atomic mass is 79.9. The predicted octanol–water partition coefficient (Wildman–Crippen LogP) is 4.83. The third-order valence-corrected chi connectivity index (χ3v) is 4.75. The number of rotatable bonds is 5. The SMILES string of the molecule is CC(C)(C)C(NCC(=O)Nc1ccc(Br)cc1)c1cccs1. The molecule has 2 aromatic rings. The van der Waals surface area contributed by atoms with Crippen LogP contribution < -0.4 is 10.6 Å². The third-order valence-electron chi connectivity index (χ3n) is 3.29. The number of thiophene rings is 1. The summed E-state index contributed by atoms with van der Waals surface area (Å²) in [5.74, 6) is -0.0341. The lowest BCUT2D eigenvalue weighted by molar-refractivity contribution is -0.115. The Morgan fingerprint density at radius 3 is 2.45 bits per heavy atom. The van der Waals surface area contributed by atoms with Crippen molar-refractivity contribution >= 4 is 38.9 Å². The summed E-state index contributed by atoms with van der Waals surface area (Å²) in [6, 6.07) is 11.9. The van der Waals surface area contributed by atoms with Gasteiger partial charge in [-0.05, 0) is 41.1 Å². The lowest BCUT2D eigenvalue weighted by atomic mass is 9.86. The van der Waals surface area contributed by atoms with Crippen molar-refractivity contribution in [2.24, 2.45) is 5.41 Å². The van der Waals surface area contributed by atoms with Gasteiger partial charge in [-0.15, -0.1) is 11.3 Å². The topological polar surface area (TPSA) is 41.1 Å². The first-order chi connectivity index (χ1) is 10.4. The molecule has 118 valence electrons. The monoisotopic (exact) mass is 380 g/mol. The van der Waals surface area contributed by atoms with Crippen molar-refractivity contribution in [3.63, 3.8) is 0 Å². The summed E-state index contributed by atoms with van der Waals surface area (Å²) in [5, 5.41) is 8.35. The van der Waals surface area contributed by atoms with Crippen molar-refractivity contribution in [1.82, 2.24) is 5.32 Å². The number of amides is 1. The van der Waals surface area contributed by atoms with E-state index in [2.05, 4.69) is 58.8 Å². The van der Waals surface area contributed by atoms with Gasteiger partial charge < -0.3 is 10.6 Å². The van der Waals surface area contributed by atoms with Gasteiger partial charge in [0.05, 0.1) is 6.54 Å². The van der Waals surface area contributed by atoms with E-state index >= 15 is 0 Å². The van der Waals surface area contributed by atoms with Crippen LogP contribution >= 0.6 is 27.3 Å². The second-order valence-electron chi connectivity index (χ2n) is 6.25. The van der Waals surface area contributed by atoms with Gasteiger partial charge in [-0.3, -0.25) is 4.79 Å². The van der Waals surface area contributed by atoms with Crippen LogP contribution in [0.4, 0.5) is 5.69 Å². The van der Waals surface area contributed by atoms with E-state index in [-0.39, 0.29) is 23.9 Å². The minimum Gasteiger partial charge on any atom is -0.325 e. The zero-order chi connectivity index (χ0) is 16.2. The van der Waals surface area contributed by atoms with Gasteiger partial charge in [0.2, 0.25) is 5.91 Å². The minimum atomic E-state index is -0.0341. The molecule has 3 nitrogen and oxygen atoms in total. The molecule has 1 unspecified atom stereocenters. The van der Waals surface area contributed by atoms with Crippen LogP contribution in [0.1, 0.15) is 31.7 Å². The number of carbonyl (C=O) groups is 1. The molecule has 1 aromatic carbocycles. The summed E-state index contributed by atoms with van der Waals surface area (Å²) in [6.45, 7) is 6.82. The number of nitrogens with one attached hydrogen (secondary N) is 2. The van der Waals surface area contributed by atoms with Crippen molar-refractivity contribution in [1.29, 1.82) is 0 Å². The first-order valence-corrected chi connectivity index (χ1v) is 8.86. The molecule has 1 amide bonds. The number of hydrogen-bond donors (Lipinski definition) is 2. The van der Waals surface area contributed by atoms with E-state index in [9.17, 15) is 4.79 Å². The maximum atomic E-state index is 12.1. The molecule has 0 saturated heterocycles. The predicted molar refractivity (Wildman–Crippen MR) is 97.3 cm³/mol. The van der Waals surface area contributed by atoms with Crippen LogP contribution in [-0.4, -0.2) is 12.5 Å². The third kappa shape index (κ3) is 4.93. The quantitative estimate of drug-likeness (QED) is 0.779. The highest BCUT2D eigenvalue weighted by Crippen LogP contribution is 2.34. The second-order valence-corrected chi connectivity index (χ2v) is 8.15. The lowest BCUT2D eigenvalue weighted by Gasteiger charge is -2.30. The van der Waals surface area contributed by atoms with E-state index in [4.69, 9.17) is 0 Å². The van der Waals surface area contributed by atoms with Crippen molar-refractivity contribution in [2.45, 2.75) is 26.8 Å². The number of anilines is 1. The van der Waals surface area contributed by atoms with E-state index in [1.165, 1.54) is 4.88 Å². The van der Waals surface area contributed by atoms with Crippen molar-refractivity contribution < 1.29 is 4.79 Å². The molecule has 22 heavy (non-hydrogen) atoms. The van der Waals surface area contributed by atoms with Crippen LogP contribution in [0.5, 0.6) is 0 Å². The van der Waals surface area contributed by atoms with Gasteiger partial charge in [0, 0.05) is 21.1 Å². The number of carbonyl (C=O) groups excluding carboxylic acids is 1. The zero-order valence-corrected chi connectivity index (χ0v) is 15.4. The Morgan fingerprint density at radius 1 is 1.23 bits per heavy atom. The Hall–Kier alpha value is -1.17. The molecule has 5 heteroatoms. The van der Waals surface area contributed by atoms with Crippen molar-refractivity contribution in [2.75, 3.05) is 11.9 Å². The Kier molecular flexibility index (Phi) is 5.78. The summed E-state index contributed by atoms with van der Waals surface area (Å²) >= 11 is 5.10. The molecule has 0 bridgehead atoms. The molecule has 0 aliphatic heterocycles. The largest absolute Gasteiger partial charge is 0.325 e. The normalized spacial score (nSPS) is 12.9. The summed E-state index contributed by atoms with van der Waals surface area (Å²) < 4.78 is 0.995. The summed E-state index contributed by atoms with van der Waals surface area (Å²) in [6.07, 6.45) is 0. The van der Waals surface area contributed by atoms with E-state index in [0.29, 0.717) is 0 Å². The molecule has 0 aliphatic rings. The molecular weight excluding hydrogens is 360 g/mol. The van der Waals surface area contributed by atoms with Gasteiger partial charge in [-0.25, -0.2) is 0 Å². The molecule has 0 saturated carbocycles. The van der Waals surface area contributed by atoms with Crippen molar-refractivity contribution in [3.05, 3.63) is 51.1 Å². The fourth-order valence-corrected chi connectivity index (χ4v) is 3.53. The Morgan fingerprint density at radius 2 is 1.91 bits per heavy atom. The van der Waals surface area contributed by atoms with Gasteiger partial charge in [0.15, 0.2) is 0 Å². The van der Waals surface area contributed by atoms with Crippen LogP contribution in [0.3, 0.4) is 0 Å². The fourth-order valence-electron chi connectivity index (χ4n) is 2.22. The molecule has 1 atom stereocenters. The first kappa shape index (κ1) is 17.2. The zero-order valence-electron chi connectivity index (χ0n) is 13.0. The van der Waals surface area contributed by atoms with E-state index in [1.54, 1.807) is 11.3 Å². The number of benzene rings is 1. The lowest BCUT2D eigenvalue weighted by Crippen LogP contribution is -2.37. The molecule has 1 heterocycles. The van der Waals surface area contributed by atoms with Crippen LogP contribution in [0.15, 0.2) is 46.3 Å². The maximum absolute atomic E-state index is 12.1. The Bertz CT molecular complexity index is 603. The van der Waals surface area contributed by atoms with Gasteiger partial charge in [-0.1, -0.05) is 42.8 Å². The number of halogens is 1. The molecule has 2 N–H and O–H groups in total. The molecule has 2 rings (SSSR count). The van der Waals surface area contributed by atoms with Gasteiger partial charge in [0.25, 0.3) is 0 Å². The molecule has 0 spiro atoms. The average Bonchev–Trinajstić information content (AvgIpc) is 2.94.